The normalized spacial score (nSPS) is 25.2. The third kappa shape index (κ3) is 4.46. The van der Waals surface area contributed by atoms with Gasteiger partial charge >= 0.3 is 0 Å². The Bertz CT molecular complexity index is 295. The van der Waals surface area contributed by atoms with Crippen molar-refractivity contribution in [1.29, 1.82) is 0 Å². The number of carbonyl (C=O) groups is 1. The molecule has 0 spiro atoms. The zero-order valence-electron chi connectivity index (χ0n) is 13.0. The van der Waals surface area contributed by atoms with Crippen LogP contribution in [0.25, 0.3) is 0 Å². The fourth-order valence-corrected chi connectivity index (χ4v) is 2.98. The number of rotatable bonds is 8. The second kappa shape index (κ2) is 7.25. The molecule has 0 aromatic heterocycles. The summed E-state index contributed by atoms with van der Waals surface area (Å²) in [6.45, 7) is 11.7. The summed E-state index contributed by atoms with van der Waals surface area (Å²) in [5, 5.41) is 3.32. The van der Waals surface area contributed by atoms with Gasteiger partial charge in [-0.05, 0) is 52.1 Å². The molecule has 19 heavy (non-hydrogen) atoms. The van der Waals surface area contributed by atoms with E-state index in [0.29, 0.717) is 6.04 Å². The molecule has 1 fully saturated rings. The molecule has 3 N–H and O–H groups in total. The molecule has 0 aromatic carbocycles. The monoisotopic (exact) mass is 269 g/mol. The van der Waals surface area contributed by atoms with Gasteiger partial charge in [-0.1, -0.05) is 20.3 Å². The molecule has 1 saturated heterocycles. The molecule has 0 saturated carbocycles. The molecule has 0 radical (unpaired) electrons. The maximum atomic E-state index is 11.7. The van der Waals surface area contributed by atoms with Crippen molar-refractivity contribution in [3.05, 3.63) is 0 Å². The summed E-state index contributed by atoms with van der Waals surface area (Å²) in [6, 6.07) is 0.401. The van der Waals surface area contributed by atoms with Gasteiger partial charge in [-0.3, -0.25) is 4.79 Å². The van der Waals surface area contributed by atoms with E-state index in [4.69, 9.17) is 5.73 Å². The summed E-state index contributed by atoms with van der Waals surface area (Å²) in [4.78, 5) is 14.2. The zero-order valence-corrected chi connectivity index (χ0v) is 13.0. The van der Waals surface area contributed by atoms with Crippen LogP contribution >= 0.6 is 0 Å². The number of likely N-dealkylation sites (tertiary alicyclic amines) is 1. The van der Waals surface area contributed by atoms with Crippen LogP contribution in [0.3, 0.4) is 0 Å². The van der Waals surface area contributed by atoms with Crippen LogP contribution in [0.4, 0.5) is 0 Å². The lowest BCUT2D eigenvalue weighted by Crippen LogP contribution is -2.56. The highest BCUT2D eigenvalue weighted by molar-refractivity contribution is 5.84. The van der Waals surface area contributed by atoms with Crippen LogP contribution in [0.1, 0.15) is 53.4 Å². The van der Waals surface area contributed by atoms with Gasteiger partial charge in [0, 0.05) is 12.6 Å². The van der Waals surface area contributed by atoms with E-state index in [0.717, 1.165) is 31.8 Å². The molecule has 3 unspecified atom stereocenters. The number of hydrogen-bond acceptors (Lipinski definition) is 3. The molecule has 0 bridgehead atoms. The van der Waals surface area contributed by atoms with E-state index in [1.807, 2.05) is 6.92 Å². The number of nitrogens with two attached hydrogens (primary N) is 1. The van der Waals surface area contributed by atoms with Crippen molar-refractivity contribution >= 4 is 5.91 Å². The van der Waals surface area contributed by atoms with Crippen LogP contribution < -0.4 is 11.1 Å². The Hall–Kier alpha value is -0.610. The van der Waals surface area contributed by atoms with Crippen molar-refractivity contribution in [3.63, 3.8) is 0 Å². The third-order valence-electron chi connectivity index (χ3n) is 4.53. The Balaban J connectivity index is 2.56. The predicted octanol–water partition coefficient (Wildman–Crippen LogP) is 1.74. The molecule has 4 heteroatoms. The van der Waals surface area contributed by atoms with Crippen molar-refractivity contribution in [2.75, 3.05) is 19.6 Å². The van der Waals surface area contributed by atoms with Gasteiger partial charge in [-0.15, -0.1) is 0 Å². The lowest BCUT2D eigenvalue weighted by atomic mass is 9.92. The Labute approximate surface area is 118 Å². The Morgan fingerprint density at radius 3 is 2.68 bits per heavy atom. The van der Waals surface area contributed by atoms with E-state index in [1.54, 1.807) is 0 Å². The summed E-state index contributed by atoms with van der Waals surface area (Å²) >= 11 is 0. The summed E-state index contributed by atoms with van der Waals surface area (Å²) in [5.41, 5.74) is 5.01. The summed E-state index contributed by atoms with van der Waals surface area (Å²) in [6.07, 6.45) is 4.35. The molecule has 1 aliphatic heterocycles. The Kier molecular flexibility index (Phi) is 6.27. The maximum Gasteiger partial charge on any atom is 0.237 e. The smallest absolute Gasteiger partial charge is 0.237 e. The minimum atomic E-state index is -0.584. The van der Waals surface area contributed by atoms with Crippen molar-refractivity contribution in [1.82, 2.24) is 10.2 Å². The van der Waals surface area contributed by atoms with E-state index >= 15 is 0 Å². The maximum absolute atomic E-state index is 11.7. The number of nitrogens with one attached hydrogen (secondary N) is 1. The average molecular weight is 269 g/mol. The lowest BCUT2D eigenvalue weighted by Gasteiger charge is -2.34. The first-order chi connectivity index (χ1) is 8.92. The van der Waals surface area contributed by atoms with Crippen LogP contribution in [-0.4, -0.2) is 42.0 Å². The van der Waals surface area contributed by atoms with Crippen molar-refractivity contribution in [2.24, 2.45) is 11.7 Å². The molecular formula is C15H31N3O. The van der Waals surface area contributed by atoms with Crippen LogP contribution in [0.15, 0.2) is 0 Å². The number of hydrogen-bond donors (Lipinski definition) is 2. The van der Waals surface area contributed by atoms with E-state index in [-0.39, 0.29) is 5.91 Å². The molecule has 1 aliphatic rings. The molecule has 0 aliphatic carbocycles. The van der Waals surface area contributed by atoms with Crippen LogP contribution in [-0.2, 0) is 4.79 Å². The molecule has 112 valence electrons. The Morgan fingerprint density at radius 1 is 1.53 bits per heavy atom. The second-order valence-corrected chi connectivity index (χ2v) is 6.23. The molecular weight excluding hydrogens is 238 g/mol. The van der Waals surface area contributed by atoms with Gasteiger partial charge in [0.2, 0.25) is 5.91 Å². The molecule has 3 atom stereocenters. The van der Waals surface area contributed by atoms with E-state index in [9.17, 15) is 4.79 Å². The SMILES string of the molecule is CCCNC(C)(CC(C)N1CCC(CC)C1)C(N)=O. The fraction of sp³-hybridized carbons (Fsp3) is 0.933. The molecule has 1 heterocycles. The van der Waals surface area contributed by atoms with Crippen molar-refractivity contribution < 1.29 is 4.79 Å². The van der Waals surface area contributed by atoms with Gasteiger partial charge < -0.3 is 16.0 Å². The number of nitrogens with zero attached hydrogens (tertiary/aromatic N) is 1. The number of primary amides is 1. The van der Waals surface area contributed by atoms with Gasteiger partial charge in [-0.2, -0.15) is 0 Å². The van der Waals surface area contributed by atoms with Crippen LogP contribution in [0.2, 0.25) is 0 Å². The number of amides is 1. The molecule has 4 nitrogen and oxygen atoms in total. The van der Waals surface area contributed by atoms with Gasteiger partial charge in [-0.25, -0.2) is 0 Å². The highest BCUT2D eigenvalue weighted by Gasteiger charge is 2.35. The predicted molar refractivity (Wildman–Crippen MR) is 79.9 cm³/mol. The highest BCUT2D eigenvalue weighted by Crippen LogP contribution is 2.24. The molecule has 1 amide bonds. The lowest BCUT2D eigenvalue weighted by molar-refractivity contribution is -0.124. The van der Waals surface area contributed by atoms with Crippen molar-refractivity contribution in [3.8, 4) is 0 Å². The first-order valence-electron chi connectivity index (χ1n) is 7.72. The standard InChI is InChI=1S/C15H31N3O/c1-5-8-17-15(4,14(16)19)10-12(3)18-9-7-13(6-2)11-18/h12-13,17H,5-11H2,1-4H3,(H2,16,19). The first kappa shape index (κ1) is 16.4. The summed E-state index contributed by atoms with van der Waals surface area (Å²) in [5.74, 6) is 0.588. The summed E-state index contributed by atoms with van der Waals surface area (Å²) < 4.78 is 0. The minimum absolute atomic E-state index is 0.237. The third-order valence-corrected chi connectivity index (χ3v) is 4.53. The van der Waals surface area contributed by atoms with Gasteiger partial charge in [0.25, 0.3) is 0 Å². The quantitative estimate of drug-likeness (QED) is 0.705. The number of carbonyl (C=O) groups excluding carboxylic acids is 1. The van der Waals surface area contributed by atoms with Gasteiger partial charge in [0.1, 0.15) is 0 Å². The van der Waals surface area contributed by atoms with E-state index in [2.05, 4.69) is 31.0 Å². The van der Waals surface area contributed by atoms with Crippen LogP contribution in [0.5, 0.6) is 0 Å². The zero-order chi connectivity index (χ0) is 14.5. The van der Waals surface area contributed by atoms with Gasteiger partial charge in [0.05, 0.1) is 5.54 Å². The summed E-state index contributed by atoms with van der Waals surface area (Å²) in [7, 11) is 0. The second-order valence-electron chi connectivity index (χ2n) is 6.23. The largest absolute Gasteiger partial charge is 0.368 e. The molecule has 0 aromatic rings. The average Bonchev–Trinajstić information content (AvgIpc) is 2.85. The highest BCUT2D eigenvalue weighted by atomic mass is 16.1. The Morgan fingerprint density at radius 2 is 2.21 bits per heavy atom. The van der Waals surface area contributed by atoms with Gasteiger partial charge in [0.15, 0.2) is 0 Å². The fourth-order valence-electron chi connectivity index (χ4n) is 2.98. The van der Waals surface area contributed by atoms with E-state index in [1.165, 1.54) is 19.4 Å². The first-order valence-corrected chi connectivity index (χ1v) is 7.72. The van der Waals surface area contributed by atoms with Crippen molar-refractivity contribution in [2.45, 2.75) is 65.0 Å². The minimum Gasteiger partial charge on any atom is -0.368 e. The van der Waals surface area contributed by atoms with E-state index < -0.39 is 5.54 Å². The molecule has 1 rings (SSSR count). The van der Waals surface area contributed by atoms with Crippen LogP contribution in [0, 0.1) is 5.92 Å². The topological polar surface area (TPSA) is 58.4 Å².